The summed E-state index contributed by atoms with van der Waals surface area (Å²) in [6.07, 6.45) is 2.31. The summed E-state index contributed by atoms with van der Waals surface area (Å²) in [5.74, 6) is -0.0604. The van der Waals surface area contributed by atoms with E-state index in [1.807, 2.05) is 48.7 Å². The van der Waals surface area contributed by atoms with Crippen molar-refractivity contribution in [3.8, 4) is 0 Å². The molecular formula is C15H16N2OS. The number of benzene rings is 2. The molecule has 2 rings (SSSR count). The molecule has 0 spiro atoms. The fourth-order valence-corrected chi connectivity index (χ4v) is 2.16. The van der Waals surface area contributed by atoms with Crippen LogP contribution in [-0.4, -0.2) is 12.2 Å². The lowest BCUT2D eigenvalue weighted by Gasteiger charge is -2.07. The molecule has 1 amide bonds. The number of anilines is 2. The first-order chi connectivity index (χ1) is 9.19. The minimum absolute atomic E-state index is 0.0604. The number of para-hydroxylation sites is 1. The maximum atomic E-state index is 11.9. The Balaban J connectivity index is 1.99. The second-order valence-corrected chi connectivity index (χ2v) is 5.03. The number of amides is 1. The van der Waals surface area contributed by atoms with Crippen LogP contribution in [0.1, 0.15) is 5.56 Å². The summed E-state index contributed by atoms with van der Waals surface area (Å²) >= 11 is 1.67. The molecule has 98 valence electrons. The molecule has 0 bridgehead atoms. The van der Waals surface area contributed by atoms with E-state index in [-0.39, 0.29) is 12.3 Å². The largest absolute Gasteiger partial charge is 0.398 e. The van der Waals surface area contributed by atoms with Crippen molar-refractivity contribution < 1.29 is 4.79 Å². The van der Waals surface area contributed by atoms with Crippen molar-refractivity contribution in [3.63, 3.8) is 0 Å². The second kappa shape index (κ2) is 6.29. The van der Waals surface area contributed by atoms with Gasteiger partial charge in [0.1, 0.15) is 0 Å². The van der Waals surface area contributed by atoms with Crippen molar-refractivity contribution in [2.45, 2.75) is 11.3 Å². The molecule has 0 aromatic heterocycles. The first-order valence-corrected chi connectivity index (χ1v) is 7.19. The molecule has 0 saturated heterocycles. The summed E-state index contributed by atoms with van der Waals surface area (Å²) in [4.78, 5) is 13.1. The number of nitrogens with two attached hydrogens (primary N) is 1. The van der Waals surface area contributed by atoms with Crippen molar-refractivity contribution in [2.75, 3.05) is 17.3 Å². The van der Waals surface area contributed by atoms with Gasteiger partial charge in [0, 0.05) is 16.3 Å². The Labute approximate surface area is 117 Å². The summed E-state index contributed by atoms with van der Waals surface area (Å²) in [7, 11) is 0. The van der Waals surface area contributed by atoms with E-state index in [1.54, 1.807) is 17.8 Å². The van der Waals surface area contributed by atoms with Crippen LogP contribution >= 0.6 is 11.8 Å². The van der Waals surface area contributed by atoms with Crippen LogP contribution in [0.2, 0.25) is 0 Å². The van der Waals surface area contributed by atoms with Gasteiger partial charge in [-0.15, -0.1) is 11.8 Å². The van der Waals surface area contributed by atoms with Gasteiger partial charge in [-0.1, -0.05) is 18.2 Å². The smallest absolute Gasteiger partial charge is 0.228 e. The van der Waals surface area contributed by atoms with Crippen LogP contribution in [0.3, 0.4) is 0 Å². The van der Waals surface area contributed by atoms with Crippen molar-refractivity contribution >= 4 is 29.0 Å². The number of nitrogen functional groups attached to an aromatic ring is 1. The van der Waals surface area contributed by atoms with Crippen molar-refractivity contribution in [1.29, 1.82) is 0 Å². The normalized spacial score (nSPS) is 10.2. The van der Waals surface area contributed by atoms with Gasteiger partial charge < -0.3 is 11.1 Å². The number of nitrogens with one attached hydrogen (secondary N) is 1. The van der Waals surface area contributed by atoms with E-state index in [2.05, 4.69) is 5.32 Å². The fraction of sp³-hybridized carbons (Fsp3) is 0.133. The predicted molar refractivity (Wildman–Crippen MR) is 81.4 cm³/mol. The van der Waals surface area contributed by atoms with E-state index in [4.69, 9.17) is 5.73 Å². The first kappa shape index (κ1) is 13.5. The Bertz CT molecular complexity index is 567. The van der Waals surface area contributed by atoms with Gasteiger partial charge >= 0.3 is 0 Å². The van der Waals surface area contributed by atoms with Crippen LogP contribution in [0.15, 0.2) is 53.4 Å². The molecule has 0 atom stereocenters. The number of thioether (sulfide) groups is 1. The zero-order chi connectivity index (χ0) is 13.7. The average molecular weight is 272 g/mol. The molecular weight excluding hydrogens is 256 g/mol. The number of hydrogen-bond acceptors (Lipinski definition) is 3. The second-order valence-electron chi connectivity index (χ2n) is 4.15. The molecule has 0 radical (unpaired) electrons. The maximum absolute atomic E-state index is 11.9. The SMILES string of the molecule is CSc1ccc(NC(=O)Cc2ccccc2N)cc1. The van der Waals surface area contributed by atoms with Crippen molar-refractivity contribution in [1.82, 2.24) is 0 Å². The maximum Gasteiger partial charge on any atom is 0.228 e. The van der Waals surface area contributed by atoms with Crippen LogP contribution in [-0.2, 0) is 11.2 Å². The third kappa shape index (κ3) is 3.76. The quantitative estimate of drug-likeness (QED) is 0.664. The Morgan fingerprint density at radius 3 is 2.47 bits per heavy atom. The van der Waals surface area contributed by atoms with E-state index in [1.165, 1.54) is 4.90 Å². The van der Waals surface area contributed by atoms with Gasteiger partial charge in [-0.2, -0.15) is 0 Å². The highest BCUT2D eigenvalue weighted by molar-refractivity contribution is 7.98. The standard InChI is InChI=1S/C15H16N2OS/c1-19-13-8-6-12(7-9-13)17-15(18)10-11-4-2-3-5-14(11)16/h2-9H,10,16H2,1H3,(H,17,18). The lowest BCUT2D eigenvalue weighted by molar-refractivity contribution is -0.115. The summed E-state index contributed by atoms with van der Waals surface area (Å²) in [5.41, 5.74) is 8.12. The Hall–Kier alpha value is -1.94. The van der Waals surface area contributed by atoms with Gasteiger partial charge in [0.05, 0.1) is 6.42 Å². The highest BCUT2D eigenvalue weighted by Crippen LogP contribution is 2.18. The van der Waals surface area contributed by atoms with Gasteiger partial charge in [0.25, 0.3) is 0 Å². The molecule has 2 aromatic rings. The molecule has 0 saturated carbocycles. The van der Waals surface area contributed by atoms with Crippen LogP contribution in [0, 0.1) is 0 Å². The summed E-state index contributed by atoms with van der Waals surface area (Å²) in [5, 5.41) is 2.87. The molecule has 3 N–H and O–H groups in total. The van der Waals surface area contributed by atoms with Crippen LogP contribution in [0.5, 0.6) is 0 Å². The van der Waals surface area contributed by atoms with E-state index >= 15 is 0 Å². The number of hydrogen-bond donors (Lipinski definition) is 2. The number of carbonyl (C=O) groups is 1. The monoisotopic (exact) mass is 272 g/mol. The van der Waals surface area contributed by atoms with Crippen LogP contribution < -0.4 is 11.1 Å². The predicted octanol–water partition coefficient (Wildman–Crippen LogP) is 3.17. The van der Waals surface area contributed by atoms with Crippen molar-refractivity contribution in [2.24, 2.45) is 0 Å². The van der Waals surface area contributed by atoms with E-state index in [0.29, 0.717) is 5.69 Å². The molecule has 3 nitrogen and oxygen atoms in total. The minimum atomic E-state index is -0.0604. The molecule has 4 heteroatoms. The third-order valence-corrected chi connectivity index (χ3v) is 3.52. The minimum Gasteiger partial charge on any atom is -0.398 e. The Morgan fingerprint density at radius 1 is 1.16 bits per heavy atom. The molecule has 2 aromatic carbocycles. The van der Waals surface area contributed by atoms with Gasteiger partial charge in [-0.25, -0.2) is 0 Å². The lowest BCUT2D eigenvalue weighted by atomic mass is 10.1. The third-order valence-electron chi connectivity index (χ3n) is 2.78. The molecule has 0 aliphatic heterocycles. The number of rotatable bonds is 4. The van der Waals surface area contributed by atoms with E-state index < -0.39 is 0 Å². The zero-order valence-corrected chi connectivity index (χ0v) is 11.5. The summed E-state index contributed by atoms with van der Waals surface area (Å²) in [6, 6.07) is 15.2. The molecule has 19 heavy (non-hydrogen) atoms. The lowest BCUT2D eigenvalue weighted by Crippen LogP contribution is -2.15. The Morgan fingerprint density at radius 2 is 1.84 bits per heavy atom. The van der Waals surface area contributed by atoms with E-state index in [0.717, 1.165) is 11.3 Å². The molecule has 0 aliphatic carbocycles. The fourth-order valence-electron chi connectivity index (χ4n) is 1.75. The molecule has 0 aliphatic rings. The zero-order valence-electron chi connectivity index (χ0n) is 10.7. The van der Waals surface area contributed by atoms with Crippen LogP contribution in [0.4, 0.5) is 11.4 Å². The van der Waals surface area contributed by atoms with Gasteiger partial charge in [-0.3, -0.25) is 4.79 Å². The summed E-state index contributed by atoms with van der Waals surface area (Å²) in [6.45, 7) is 0. The Kier molecular flexibility index (Phi) is 4.47. The average Bonchev–Trinajstić information content (AvgIpc) is 2.42. The van der Waals surface area contributed by atoms with Gasteiger partial charge in [0.15, 0.2) is 0 Å². The first-order valence-electron chi connectivity index (χ1n) is 5.96. The van der Waals surface area contributed by atoms with E-state index in [9.17, 15) is 4.79 Å². The highest BCUT2D eigenvalue weighted by atomic mass is 32.2. The summed E-state index contributed by atoms with van der Waals surface area (Å²) < 4.78 is 0. The highest BCUT2D eigenvalue weighted by Gasteiger charge is 2.06. The van der Waals surface area contributed by atoms with Gasteiger partial charge in [0.2, 0.25) is 5.91 Å². The van der Waals surface area contributed by atoms with Crippen molar-refractivity contribution in [3.05, 3.63) is 54.1 Å². The molecule has 0 unspecified atom stereocenters. The molecule has 0 fully saturated rings. The molecule has 0 heterocycles. The van der Waals surface area contributed by atoms with Gasteiger partial charge in [-0.05, 0) is 42.2 Å². The van der Waals surface area contributed by atoms with Crippen LogP contribution in [0.25, 0.3) is 0 Å². The topological polar surface area (TPSA) is 55.1 Å². The number of carbonyl (C=O) groups excluding carboxylic acids is 1.